The van der Waals surface area contributed by atoms with Crippen LogP contribution >= 0.6 is 0 Å². The highest BCUT2D eigenvalue weighted by molar-refractivity contribution is 5.79. The van der Waals surface area contributed by atoms with Crippen molar-refractivity contribution in [3.05, 3.63) is 77.9 Å². The molecule has 2 aromatic rings. The number of quaternary nitrogens is 1. The van der Waals surface area contributed by atoms with E-state index in [1.54, 1.807) is 0 Å². The second-order valence-electron chi connectivity index (χ2n) is 6.15. The molecule has 2 aromatic carbocycles. The lowest BCUT2D eigenvalue weighted by molar-refractivity contribution is -0.869. The van der Waals surface area contributed by atoms with Crippen molar-refractivity contribution in [2.45, 2.75) is 6.42 Å². The Morgan fingerprint density at radius 3 is 1.62 bits per heavy atom. The molecule has 0 unspecified atom stereocenters. The van der Waals surface area contributed by atoms with E-state index in [9.17, 15) is 0 Å². The lowest BCUT2D eigenvalue weighted by atomic mass is 9.97. The molecule has 0 aromatic heterocycles. The molecule has 0 amide bonds. The minimum atomic E-state index is 0. The molecule has 2 rings (SSSR count). The molecule has 0 saturated carbocycles. The molecule has 112 valence electrons. The first-order valence-electron chi connectivity index (χ1n) is 7.18. The molecular formula is C19H24IN. The highest BCUT2D eigenvalue weighted by atomic mass is 127. The second kappa shape index (κ2) is 8.35. The summed E-state index contributed by atoms with van der Waals surface area (Å²) in [4.78, 5) is 0. The maximum atomic E-state index is 2.37. The van der Waals surface area contributed by atoms with Crippen LogP contribution in [0, 0.1) is 0 Å². The Hall–Kier alpha value is -1.13. The van der Waals surface area contributed by atoms with E-state index < -0.39 is 0 Å². The Balaban J connectivity index is 0.00000220. The third-order valence-corrected chi connectivity index (χ3v) is 3.32. The predicted molar refractivity (Wildman–Crippen MR) is 87.5 cm³/mol. The summed E-state index contributed by atoms with van der Waals surface area (Å²) in [6, 6.07) is 21.3. The van der Waals surface area contributed by atoms with Crippen molar-refractivity contribution < 1.29 is 28.5 Å². The third-order valence-electron chi connectivity index (χ3n) is 3.32. The van der Waals surface area contributed by atoms with Gasteiger partial charge in [-0.15, -0.1) is 0 Å². The number of halogens is 1. The van der Waals surface area contributed by atoms with Gasteiger partial charge in [0.25, 0.3) is 0 Å². The number of rotatable bonds is 5. The van der Waals surface area contributed by atoms with E-state index in [4.69, 9.17) is 0 Å². The van der Waals surface area contributed by atoms with Crippen LogP contribution in [0.2, 0.25) is 0 Å². The molecule has 0 spiro atoms. The van der Waals surface area contributed by atoms with Gasteiger partial charge in [0.15, 0.2) is 0 Å². The zero-order valence-electron chi connectivity index (χ0n) is 13.1. The Labute approximate surface area is 145 Å². The highest BCUT2D eigenvalue weighted by Gasteiger charge is 2.07. The van der Waals surface area contributed by atoms with Crippen LogP contribution in [0.3, 0.4) is 0 Å². The normalized spacial score (nSPS) is 10.6. The SMILES string of the molecule is C[N+](C)(C)CCC=C(c1ccccc1)c1ccccc1.[I-]. The quantitative estimate of drug-likeness (QED) is 0.530. The zero-order chi connectivity index (χ0) is 14.4. The lowest BCUT2D eigenvalue weighted by Gasteiger charge is -2.23. The number of hydrogen-bond donors (Lipinski definition) is 0. The summed E-state index contributed by atoms with van der Waals surface area (Å²) < 4.78 is 0.993. The molecule has 0 fully saturated rings. The Morgan fingerprint density at radius 2 is 1.24 bits per heavy atom. The molecule has 0 bridgehead atoms. The predicted octanol–water partition coefficient (Wildman–Crippen LogP) is 1.22. The maximum Gasteiger partial charge on any atom is 0.0815 e. The average molecular weight is 393 g/mol. The topological polar surface area (TPSA) is 0 Å². The smallest absolute Gasteiger partial charge is 0.0815 e. The summed E-state index contributed by atoms with van der Waals surface area (Å²) in [6.07, 6.45) is 3.46. The Kier molecular flexibility index (Phi) is 7.12. The van der Waals surface area contributed by atoms with Gasteiger partial charge in [-0.2, -0.15) is 0 Å². The van der Waals surface area contributed by atoms with E-state index in [0.717, 1.165) is 17.4 Å². The first-order chi connectivity index (χ1) is 9.56. The van der Waals surface area contributed by atoms with Crippen molar-refractivity contribution in [2.24, 2.45) is 0 Å². The van der Waals surface area contributed by atoms with Gasteiger partial charge >= 0.3 is 0 Å². The molecule has 2 heteroatoms. The summed E-state index contributed by atoms with van der Waals surface area (Å²) in [5.41, 5.74) is 3.92. The summed E-state index contributed by atoms with van der Waals surface area (Å²) in [5.74, 6) is 0. The fourth-order valence-corrected chi connectivity index (χ4v) is 2.23. The molecule has 1 nitrogen and oxygen atoms in total. The van der Waals surface area contributed by atoms with E-state index >= 15 is 0 Å². The summed E-state index contributed by atoms with van der Waals surface area (Å²) in [6.45, 7) is 1.14. The van der Waals surface area contributed by atoms with Crippen LogP contribution < -0.4 is 24.0 Å². The number of benzene rings is 2. The fraction of sp³-hybridized carbons (Fsp3) is 0.263. The van der Waals surface area contributed by atoms with E-state index in [-0.39, 0.29) is 24.0 Å². The zero-order valence-corrected chi connectivity index (χ0v) is 15.2. The molecule has 0 saturated heterocycles. The standard InChI is InChI=1S/C19H24N.HI/c1-20(2,3)16-10-15-19(17-11-6-4-7-12-17)18-13-8-5-9-14-18;/h4-9,11-15H,10,16H2,1-3H3;1H/q+1;/p-1. The first kappa shape index (κ1) is 17.9. The van der Waals surface area contributed by atoms with Crippen molar-refractivity contribution in [3.63, 3.8) is 0 Å². The van der Waals surface area contributed by atoms with Gasteiger partial charge in [0, 0.05) is 6.42 Å². The van der Waals surface area contributed by atoms with Gasteiger partial charge in [-0.1, -0.05) is 66.7 Å². The molecule has 0 radical (unpaired) electrons. The van der Waals surface area contributed by atoms with Crippen molar-refractivity contribution in [3.8, 4) is 0 Å². The molecule has 21 heavy (non-hydrogen) atoms. The van der Waals surface area contributed by atoms with Crippen LogP contribution in [-0.4, -0.2) is 32.2 Å². The largest absolute Gasteiger partial charge is 1.00 e. The van der Waals surface area contributed by atoms with Gasteiger partial charge in [0.2, 0.25) is 0 Å². The first-order valence-corrected chi connectivity index (χ1v) is 7.18. The number of hydrogen-bond acceptors (Lipinski definition) is 0. The van der Waals surface area contributed by atoms with Crippen molar-refractivity contribution in [1.82, 2.24) is 0 Å². The minimum absolute atomic E-state index is 0. The minimum Gasteiger partial charge on any atom is -1.00 e. The summed E-state index contributed by atoms with van der Waals surface area (Å²) >= 11 is 0. The number of nitrogens with zero attached hydrogens (tertiary/aromatic N) is 1. The average Bonchev–Trinajstić information content (AvgIpc) is 2.44. The van der Waals surface area contributed by atoms with E-state index in [0.29, 0.717) is 0 Å². The molecule has 0 N–H and O–H groups in total. The fourth-order valence-electron chi connectivity index (χ4n) is 2.23. The van der Waals surface area contributed by atoms with Gasteiger partial charge in [0.05, 0.1) is 27.7 Å². The van der Waals surface area contributed by atoms with Gasteiger partial charge in [-0.25, -0.2) is 0 Å². The Bertz CT molecular complexity index is 512. The maximum absolute atomic E-state index is 2.37. The van der Waals surface area contributed by atoms with Crippen LogP contribution in [0.15, 0.2) is 66.7 Å². The van der Waals surface area contributed by atoms with Gasteiger partial charge in [0.1, 0.15) is 0 Å². The van der Waals surface area contributed by atoms with Crippen LogP contribution in [0.4, 0.5) is 0 Å². The molecule has 0 atom stereocenters. The van der Waals surface area contributed by atoms with Crippen molar-refractivity contribution >= 4 is 5.57 Å². The van der Waals surface area contributed by atoms with Crippen LogP contribution in [-0.2, 0) is 0 Å². The monoisotopic (exact) mass is 393 g/mol. The molecular weight excluding hydrogens is 369 g/mol. The Morgan fingerprint density at radius 1 is 0.810 bits per heavy atom. The van der Waals surface area contributed by atoms with E-state index in [1.165, 1.54) is 16.7 Å². The van der Waals surface area contributed by atoms with E-state index in [2.05, 4.69) is 87.9 Å². The molecule has 0 aliphatic carbocycles. The van der Waals surface area contributed by atoms with Gasteiger partial charge < -0.3 is 28.5 Å². The van der Waals surface area contributed by atoms with Crippen LogP contribution in [0.25, 0.3) is 5.57 Å². The second-order valence-corrected chi connectivity index (χ2v) is 6.15. The lowest BCUT2D eigenvalue weighted by Crippen LogP contribution is -3.00. The van der Waals surface area contributed by atoms with Crippen molar-refractivity contribution in [1.29, 1.82) is 0 Å². The third kappa shape index (κ3) is 6.02. The van der Waals surface area contributed by atoms with Crippen LogP contribution in [0.5, 0.6) is 0 Å². The van der Waals surface area contributed by atoms with E-state index in [1.807, 2.05) is 0 Å². The molecule has 0 aliphatic heterocycles. The summed E-state index contributed by atoms with van der Waals surface area (Å²) in [5, 5.41) is 0. The van der Waals surface area contributed by atoms with Gasteiger partial charge in [-0.05, 0) is 16.7 Å². The van der Waals surface area contributed by atoms with Crippen LogP contribution in [0.1, 0.15) is 17.5 Å². The highest BCUT2D eigenvalue weighted by Crippen LogP contribution is 2.23. The summed E-state index contributed by atoms with van der Waals surface area (Å²) in [7, 11) is 6.70. The van der Waals surface area contributed by atoms with Crippen molar-refractivity contribution in [2.75, 3.05) is 27.7 Å². The van der Waals surface area contributed by atoms with Gasteiger partial charge in [-0.3, -0.25) is 0 Å². The molecule has 0 heterocycles. The molecule has 0 aliphatic rings.